The minimum absolute atomic E-state index is 0.169. The Kier molecular flexibility index (Phi) is 2.75. The average molecular weight is 212 g/mol. The number of carbonyl (C=O) groups excluding carboxylic acids is 2. The first-order valence-corrected chi connectivity index (χ1v) is 5.33. The van der Waals surface area contributed by atoms with Gasteiger partial charge in [0.1, 0.15) is 0 Å². The number of aliphatic hydroxyl groups is 1. The minimum Gasteiger partial charge on any atom is -0.393 e. The van der Waals surface area contributed by atoms with Crippen LogP contribution in [0.1, 0.15) is 19.8 Å². The summed E-state index contributed by atoms with van der Waals surface area (Å²) in [6.07, 6.45) is 0.669. The fraction of sp³-hybridized carbons (Fsp3) is 0.800. The fourth-order valence-electron chi connectivity index (χ4n) is 2.28. The second-order valence-electron chi connectivity index (χ2n) is 4.46. The molecular weight excluding hydrogens is 196 g/mol. The van der Waals surface area contributed by atoms with Gasteiger partial charge in [0.25, 0.3) is 0 Å². The summed E-state index contributed by atoms with van der Waals surface area (Å²) >= 11 is 0. The number of carbonyl (C=O) groups is 2. The van der Waals surface area contributed by atoms with E-state index in [0.717, 1.165) is 0 Å². The molecule has 15 heavy (non-hydrogen) atoms. The highest BCUT2D eigenvalue weighted by Gasteiger charge is 2.38. The summed E-state index contributed by atoms with van der Waals surface area (Å²) in [4.78, 5) is 24.5. The highest BCUT2D eigenvalue weighted by atomic mass is 16.3. The van der Waals surface area contributed by atoms with Crippen molar-refractivity contribution in [3.05, 3.63) is 0 Å². The van der Waals surface area contributed by atoms with Crippen molar-refractivity contribution >= 4 is 11.8 Å². The van der Waals surface area contributed by atoms with Gasteiger partial charge in [-0.05, 0) is 12.3 Å². The molecule has 3 unspecified atom stereocenters. The zero-order chi connectivity index (χ0) is 11.0. The van der Waals surface area contributed by atoms with E-state index in [4.69, 9.17) is 0 Å². The van der Waals surface area contributed by atoms with Crippen LogP contribution in [0, 0.1) is 5.92 Å². The smallest absolute Gasteiger partial charge is 0.244 e. The lowest BCUT2D eigenvalue weighted by Gasteiger charge is -2.36. The molecule has 0 aromatic rings. The first-order chi connectivity index (χ1) is 7.08. The summed E-state index contributed by atoms with van der Waals surface area (Å²) in [7, 11) is 0. The van der Waals surface area contributed by atoms with Crippen molar-refractivity contribution in [3.63, 3.8) is 0 Å². The number of nitrogens with zero attached hydrogens (tertiary/aromatic N) is 1. The normalized spacial score (nSPS) is 38.1. The lowest BCUT2D eigenvalue weighted by Crippen LogP contribution is -2.49. The van der Waals surface area contributed by atoms with Crippen molar-refractivity contribution in [2.45, 2.75) is 31.9 Å². The van der Waals surface area contributed by atoms with Gasteiger partial charge in [-0.25, -0.2) is 0 Å². The molecule has 0 radical (unpaired) electrons. The number of likely N-dealkylation sites (tertiary alicyclic amines) is 1. The summed E-state index contributed by atoms with van der Waals surface area (Å²) in [5.41, 5.74) is 0. The molecule has 0 aliphatic carbocycles. The molecule has 84 valence electrons. The van der Waals surface area contributed by atoms with Crippen LogP contribution in [0.25, 0.3) is 0 Å². The Bertz CT molecular complexity index is 292. The van der Waals surface area contributed by atoms with Crippen LogP contribution in [0.15, 0.2) is 0 Å². The Hall–Kier alpha value is -0.940. The number of nitrogens with one attached hydrogen (secondary N) is 1. The Morgan fingerprint density at radius 3 is 2.73 bits per heavy atom. The van der Waals surface area contributed by atoms with Gasteiger partial charge < -0.3 is 5.11 Å². The predicted molar refractivity (Wildman–Crippen MR) is 52.9 cm³/mol. The SMILES string of the molecule is CC1CN(C2CC(=O)NC2=O)CCC1O. The molecule has 0 aromatic heterocycles. The van der Waals surface area contributed by atoms with Crippen LogP contribution < -0.4 is 5.32 Å². The molecule has 2 aliphatic rings. The van der Waals surface area contributed by atoms with E-state index in [1.165, 1.54) is 0 Å². The van der Waals surface area contributed by atoms with Gasteiger partial charge in [-0.2, -0.15) is 0 Å². The number of piperidine rings is 1. The third kappa shape index (κ3) is 2.03. The van der Waals surface area contributed by atoms with E-state index in [1.807, 2.05) is 11.8 Å². The first-order valence-electron chi connectivity index (χ1n) is 5.33. The zero-order valence-corrected chi connectivity index (χ0v) is 8.77. The maximum atomic E-state index is 11.4. The average Bonchev–Trinajstić information content (AvgIpc) is 2.50. The van der Waals surface area contributed by atoms with Gasteiger partial charge in [0, 0.05) is 13.1 Å². The predicted octanol–water partition coefficient (Wildman–Crippen LogP) is -0.896. The molecule has 0 saturated carbocycles. The van der Waals surface area contributed by atoms with Crippen LogP contribution >= 0.6 is 0 Å². The third-order valence-corrected chi connectivity index (χ3v) is 3.28. The van der Waals surface area contributed by atoms with Gasteiger partial charge in [0.2, 0.25) is 11.8 Å². The van der Waals surface area contributed by atoms with E-state index in [-0.39, 0.29) is 36.3 Å². The lowest BCUT2D eigenvalue weighted by molar-refractivity contribution is -0.127. The quantitative estimate of drug-likeness (QED) is 0.553. The van der Waals surface area contributed by atoms with Gasteiger partial charge in [-0.3, -0.25) is 19.8 Å². The number of amides is 2. The Balaban J connectivity index is 2.00. The van der Waals surface area contributed by atoms with Gasteiger partial charge >= 0.3 is 0 Å². The van der Waals surface area contributed by atoms with Crippen LogP contribution in [0.2, 0.25) is 0 Å². The monoisotopic (exact) mass is 212 g/mol. The van der Waals surface area contributed by atoms with E-state index in [9.17, 15) is 14.7 Å². The molecule has 0 bridgehead atoms. The number of imide groups is 1. The van der Waals surface area contributed by atoms with E-state index >= 15 is 0 Å². The molecule has 3 atom stereocenters. The number of hydrogen-bond donors (Lipinski definition) is 2. The van der Waals surface area contributed by atoms with E-state index in [1.54, 1.807) is 0 Å². The molecule has 2 heterocycles. The van der Waals surface area contributed by atoms with E-state index in [2.05, 4.69) is 5.32 Å². The van der Waals surface area contributed by atoms with Gasteiger partial charge in [0.15, 0.2) is 0 Å². The summed E-state index contributed by atoms with van der Waals surface area (Å²) in [6.45, 7) is 3.34. The van der Waals surface area contributed by atoms with Crippen LogP contribution in [0.4, 0.5) is 0 Å². The van der Waals surface area contributed by atoms with Gasteiger partial charge in [-0.15, -0.1) is 0 Å². The number of aliphatic hydroxyl groups excluding tert-OH is 1. The molecule has 2 fully saturated rings. The van der Waals surface area contributed by atoms with Crippen LogP contribution in [0.5, 0.6) is 0 Å². The second-order valence-corrected chi connectivity index (χ2v) is 4.46. The first kappa shape index (κ1) is 10.6. The molecular formula is C10H16N2O3. The molecule has 0 spiro atoms. The summed E-state index contributed by atoms with van der Waals surface area (Å²) in [5, 5.41) is 11.9. The van der Waals surface area contributed by atoms with Gasteiger partial charge in [-0.1, -0.05) is 6.92 Å². The van der Waals surface area contributed by atoms with Crippen molar-refractivity contribution in [2.75, 3.05) is 13.1 Å². The standard InChI is InChI=1S/C10H16N2O3/c1-6-5-12(3-2-8(6)13)7-4-9(14)11-10(7)15/h6-8,13H,2-5H2,1H3,(H,11,14,15). The molecule has 2 saturated heterocycles. The van der Waals surface area contributed by atoms with Crippen molar-refractivity contribution in [2.24, 2.45) is 5.92 Å². The number of rotatable bonds is 1. The third-order valence-electron chi connectivity index (χ3n) is 3.28. The van der Waals surface area contributed by atoms with Crippen molar-refractivity contribution in [1.29, 1.82) is 0 Å². The summed E-state index contributed by atoms with van der Waals surface area (Å²) in [5.74, 6) is -0.213. The van der Waals surface area contributed by atoms with Crippen LogP contribution in [-0.2, 0) is 9.59 Å². The maximum Gasteiger partial charge on any atom is 0.244 e. The fourth-order valence-corrected chi connectivity index (χ4v) is 2.28. The Labute approximate surface area is 88.4 Å². The molecule has 0 aromatic carbocycles. The molecule has 2 N–H and O–H groups in total. The van der Waals surface area contributed by atoms with Crippen LogP contribution in [-0.4, -0.2) is 47.1 Å². The van der Waals surface area contributed by atoms with Gasteiger partial charge in [0.05, 0.1) is 18.6 Å². The zero-order valence-electron chi connectivity index (χ0n) is 8.77. The van der Waals surface area contributed by atoms with E-state index in [0.29, 0.717) is 19.5 Å². The largest absolute Gasteiger partial charge is 0.393 e. The topological polar surface area (TPSA) is 69.6 Å². The van der Waals surface area contributed by atoms with E-state index < -0.39 is 0 Å². The van der Waals surface area contributed by atoms with Crippen molar-refractivity contribution < 1.29 is 14.7 Å². The maximum absolute atomic E-state index is 11.4. The Morgan fingerprint density at radius 2 is 2.20 bits per heavy atom. The van der Waals surface area contributed by atoms with Crippen molar-refractivity contribution in [1.82, 2.24) is 10.2 Å². The lowest BCUT2D eigenvalue weighted by atomic mass is 9.95. The number of hydrogen-bond acceptors (Lipinski definition) is 4. The molecule has 2 amide bonds. The Morgan fingerprint density at radius 1 is 1.47 bits per heavy atom. The van der Waals surface area contributed by atoms with Crippen LogP contribution in [0.3, 0.4) is 0 Å². The summed E-state index contributed by atoms with van der Waals surface area (Å²) in [6, 6.07) is -0.313. The summed E-state index contributed by atoms with van der Waals surface area (Å²) < 4.78 is 0. The molecule has 2 aliphatic heterocycles. The van der Waals surface area contributed by atoms with Crippen molar-refractivity contribution in [3.8, 4) is 0 Å². The molecule has 5 heteroatoms. The highest BCUT2D eigenvalue weighted by molar-refractivity contribution is 6.05. The second kappa shape index (κ2) is 3.90. The highest BCUT2D eigenvalue weighted by Crippen LogP contribution is 2.21. The molecule has 5 nitrogen and oxygen atoms in total. The molecule has 2 rings (SSSR count). The minimum atomic E-state index is -0.313.